The highest BCUT2D eigenvalue weighted by atomic mass is 16.7. The minimum Gasteiger partial charge on any atom is -0.497 e. The highest BCUT2D eigenvalue weighted by molar-refractivity contribution is 5.51. The van der Waals surface area contributed by atoms with Gasteiger partial charge in [-0.3, -0.25) is 0 Å². The van der Waals surface area contributed by atoms with Gasteiger partial charge in [-0.05, 0) is 60.3 Å². The predicted octanol–water partition coefficient (Wildman–Crippen LogP) is 2.85. The zero-order valence-corrected chi connectivity index (χ0v) is 12.6. The zero-order valence-electron chi connectivity index (χ0n) is 12.6. The molecule has 114 valence electrons. The highest BCUT2D eigenvalue weighted by Gasteiger charge is 2.24. The molecule has 0 unspecified atom stereocenters. The van der Waals surface area contributed by atoms with Crippen LogP contribution in [0.15, 0.2) is 36.4 Å². The number of hydrogen-bond donors (Lipinski definition) is 1. The summed E-state index contributed by atoms with van der Waals surface area (Å²) in [4.78, 5) is 0. The molecular formula is C18H19NO3. The molecule has 1 atom stereocenters. The van der Waals surface area contributed by atoms with E-state index in [1.165, 1.54) is 16.7 Å². The number of methoxy groups -OCH3 is 1. The van der Waals surface area contributed by atoms with E-state index in [0.717, 1.165) is 36.6 Å². The molecule has 0 fully saturated rings. The van der Waals surface area contributed by atoms with Gasteiger partial charge in [0.15, 0.2) is 11.5 Å². The molecular weight excluding hydrogens is 278 g/mol. The first-order valence-corrected chi connectivity index (χ1v) is 7.62. The topological polar surface area (TPSA) is 39.7 Å². The van der Waals surface area contributed by atoms with Crippen molar-refractivity contribution in [2.24, 2.45) is 0 Å². The number of benzene rings is 2. The lowest BCUT2D eigenvalue weighted by atomic mass is 9.90. The summed E-state index contributed by atoms with van der Waals surface area (Å²) in [5, 5.41) is 3.62. The number of nitrogens with one attached hydrogen (secondary N) is 1. The Balaban J connectivity index is 1.61. The molecule has 2 aromatic rings. The first kappa shape index (κ1) is 13.5. The number of ether oxygens (including phenoxy) is 3. The van der Waals surface area contributed by atoms with Crippen molar-refractivity contribution in [3.8, 4) is 17.2 Å². The molecule has 0 aliphatic carbocycles. The molecule has 0 amide bonds. The van der Waals surface area contributed by atoms with E-state index in [1.54, 1.807) is 7.11 Å². The molecule has 4 heteroatoms. The Morgan fingerprint density at radius 1 is 1.14 bits per heavy atom. The Hall–Kier alpha value is -2.20. The molecule has 4 nitrogen and oxygen atoms in total. The van der Waals surface area contributed by atoms with Gasteiger partial charge in [-0.2, -0.15) is 0 Å². The van der Waals surface area contributed by atoms with Crippen LogP contribution in [0.3, 0.4) is 0 Å². The van der Waals surface area contributed by atoms with Gasteiger partial charge in [0.25, 0.3) is 0 Å². The maximum Gasteiger partial charge on any atom is 0.231 e. The molecule has 2 aliphatic rings. The van der Waals surface area contributed by atoms with Crippen molar-refractivity contribution in [3.63, 3.8) is 0 Å². The Labute approximate surface area is 130 Å². The number of hydrogen-bond acceptors (Lipinski definition) is 4. The Kier molecular flexibility index (Phi) is 3.39. The third-order valence-corrected chi connectivity index (χ3v) is 4.39. The van der Waals surface area contributed by atoms with Gasteiger partial charge < -0.3 is 19.5 Å². The Morgan fingerprint density at radius 3 is 2.68 bits per heavy atom. The fraction of sp³-hybridized carbons (Fsp3) is 0.333. The summed E-state index contributed by atoms with van der Waals surface area (Å²) < 4.78 is 16.2. The molecule has 1 N–H and O–H groups in total. The molecule has 0 radical (unpaired) electrons. The fourth-order valence-corrected chi connectivity index (χ4v) is 3.21. The lowest BCUT2D eigenvalue weighted by Gasteiger charge is -2.27. The molecule has 0 bridgehead atoms. The Morgan fingerprint density at radius 2 is 1.91 bits per heavy atom. The van der Waals surface area contributed by atoms with Crippen molar-refractivity contribution in [1.82, 2.24) is 5.32 Å². The molecule has 2 aromatic carbocycles. The van der Waals surface area contributed by atoms with Crippen LogP contribution in [0, 0.1) is 0 Å². The van der Waals surface area contributed by atoms with Gasteiger partial charge in [-0.1, -0.05) is 12.1 Å². The van der Waals surface area contributed by atoms with Crippen LogP contribution in [0.1, 0.15) is 22.7 Å². The van der Waals surface area contributed by atoms with Crippen LogP contribution in [-0.2, 0) is 12.8 Å². The summed E-state index contributed by atoms with van der Waals surface area (Å²) >= 11 is 0. The first-order chi connectivity index (χ1) is 10.8. The van der Waals surface area contributed by atoms with Crippen LogP contribution < -0.4 is 19.5 Å². The van der Waals surface area contributed by atoms with Crippen LogP contribution in [-0.4, -0.2) is 20.4 Å². The van der Waals surface area contributed by atoms with E-state index in [4.69, 9.17) is 14.2 Å². The van der Waals surface area contributed by atoms with Crippen LogP contribution >= 0.6 is 0 Å². The summed E-state index contributed by atoms with van der Waals surface area (Å²) in [7, 11) is 1.69. The summed E-state index contributed by atoms with van der Waals surface area (Å²) in [6.07, 6.45) is 1.99. The van der Waals surface area contributed by atoms with E-state index < -0.39 is 0 Å². The molecule has 0 aromatic heterocycles. The molecule has 22 heavy (non-hydrogen) atoms. The van der Waals surface area contributed by atoms with Crippen molar-refractivity contribution < 1.29 is 14.2 Å². The largest absolute Gasteiger partial charge is 0.497 e. The third-order valence-electron chi connectivity index (χ3n) is 4.39. The molecule has 0 saturated carbocycles. The smallest absolute Gasteiger partial charge is 0.231 e. The van der Waals surface area contributed by atoms with Gasteiger partial charge in [-0.25, -0.2) is 0 Å². The van der Waals surface area contributed by atoms with Gasteiger partial charge >= 0.3 is 0 Å². The van der Waals surface area contributed by atoms with Crippen molar-refractivity contribution in [2.75, 3.05) is 20.4 Å². The van der Waals surface area contributed by atoms with Crippen molar-refractivity contribution in [1.29, 1.82) is 0 Å². The van der Waals surface area contributed by atoms with Crippen molar-refractivity contribution in [3.05, 3.63) is 53.1 Å². The van der Waals surface area contributed by atoms with Gasteiger partial charge in [0, 0.05) is 6.04 Å². The van der Waals surface area contributed by atoms with Gasteiger partial charge in [0.1, 0.15) is 5.75 Å². The average molecular weight is 297 g/mol. The van der Waals surface area contributed by atoms with Crippen molar-refractivity contribution in [2.45, 2.75) is 18.9 Å². The van der Waals surface area contributed by atoms with Crippen LogP contribution in [0.2, 0.25) is 0 Å². The third kappa shape index (κ3) is 2.40. The molecule has 2 aliphatic heterocycles. The lowest BCUT2D eigenvalue weighted by molar-refractivity contribution is 0.174. The normalized spacial score (nSPS) is 18.9. The minimum atomic E-state index is 0.312. The zero-order chi connectivity index (χ0) is 14.9. The fourth-order valence-electron chi connectivity index (χ4n) is 3.21. The SMILES string of the molecule is COc1ccc(C[C@H]2NCCc3cc4c(cc32)OCO4)cc1. The first-order valence-electron chi connectivity index (χ1n) is 7.62. The number of rotatable bonds is 3. The second-order valence-corrected chi connectivity index (χ2v) is 5.71. The Bertz CT molecular complexity index is 681. The van der Waals surface area contributed by atoms with E-state index in [2.05, 4.69) is 29.6 Å². The quantitative estimate of drug-likeness (QED) is 0.945. The van der Waals surface area contributed by atoms with Crippen LogP contribution in [0.5, 0.6) is 17.2 Å². The summed E-state index contributed by atoms with van der Waals surface area (Å²) in [5.74, 6) is 2.63. The van der Waals surface area contributed by atoms with Gasteiger partial charge in [-0.15, -0.1) is 0 Å². The summed E-state index contributed by atoms with van der Waals surface area (Å²) in [6, 6.07) is 12.9. The molecule has 0 spiro atoms. The molecule has 2 heterocycles. The monoisotopic (exact) mass is 297 g/mol. The summed E-state index contributed by atoms with van der Waals surface area (Å²) in [5.41, 5.74) is 3.98. The minimum absolute atomic E-state index is 0.312. The maximum atomic E-state index is 5.53. The van der Waals surface area contributed by atoms with Crippen LogP contribution in [0.25, 0.3) is 0 Å². The van der Waals surface area contributed by atoms with E-state index in [1.807, 2.05) is 12.1 Å². The van der Waals surface area contributed by atoms with Gasteiger partial charge in [0.05, 0.1) is 7.11 Å². The standard InChI is InChI=1S/C18H19NO3/c1-20-14-4-2-12(3-5-14)8-16-15-10-18-17(21-11-22-18)9-13(15)6-7-19-16/h2-5,9-10,16,19H,6-8,11H2,1H3/t16-/m1/s1. The molecule has 0 saturated heterocycles. The van der Waals surface area contributed by atoms with Crippen molar-refractivity contribution >= 4 is 0 Å². The summed E-state index contributed by atoms with van der Waals surface area (Å²) in [6.45, 7) is 1.32. The lowest BCUT2D eigenvalue weighted by Crippen LogP contribution is -2.31. The second kappa shape index (κ2) is 5.54. The van der Waals surface area contributed by atoms with Gasteiger partial charge in [0.2, 0.25) is 6.79 Å². The second-order valence-electron chi connectivity index (χ2n) is 5.71. The molecule has 4 rings (SSSR count). The predicted molar refractivity (Wildman–Crippen MR) is 83.7 cm³/mol. The average Bonchev–Trinajstić information content (AvgIpc) is 3.01. The number of fused-ring (bicyclic) bond motifs is 2. The van der Waals surface area contributed by atoms with E-state index >= 15 is 0 Å². The van der Waals surface area contributed by atoms with E-state index in [9.17, 15) is 0 Å². The van der Waals surface area contributed by atoms with E-state index in [-0.39, 0.29) is 0 Å². The highest BCUT2D eigenvalue weighted by Crippen LogP contribution is 2.39. The van der Waals surface area contributed by atoms with E-state index in [0.29, 0.717) is 12.8 Å². The van der Waals surface area contributed by atoms with Crippen LogP contribution in [0.4, 0.5) is 0 Å². The maximum absolute atomic E-state index is 5.53.